The van der Waals surface area contributed by atoms with Gasteiger partial charge in [0, 0.05) is 18.3 Å². The van der Waals surface area contributed by atoms with E-state index in [0.717, 1.165) is 12.0 Å². The predicted molar refractivity (Wildman–Crippen MR) is 135 cm³/mol. The second kappa shape index (κ2) is 9.91. The highest BCUT2D eigenvalue weighted by Crippen LogP contribution is 2.34. The van der Waals surface area contributed by atoms with E-state index in [1.54, 1.807) is 18.2 Å². The quantitative estimate of drug-likeness (QED) is 0.380. The number of benzene rings is 3. The number of para-hydroxylation sites is 2. The van der Waals surface area contributed by atoms with Gasteiger partial charge in [-0.25, -0.2) is 18.4 Å². The Labute approximate surface area is 203 Å². The van der Waals surface area contributed by atoms with E-state index in [-0.39, 0.29) is 22.3 Å². The van der Waals surface area contributed by atoms with E-state index in [0.29, 0.717) is 22.4 Å². The van der Waals surface area contributed by atoms with Gasteiger partial charge in [-0.1, -0.05) is 31.2 Å². The molecule has 35 heavy (non-hydrogen) atoms. The molecule has 4 rings (SSSR count). The summed E-state index contributed by atoms with van der Waals surface area (Å²) in [6.45, 7) is 3.42. The van der Waals surface area contributed by atoms with Crippen molar-refractivity contribution in [3.8, 4) is 6.07 Å². The molecule has 1 heterocycles. The lowest BCUT2D eigenvalue weighted by atomic mass is 10.1. The summed E-state index contributed by atoms with van der Waals surface area (Å²) in [4.78, 5) is 20.3. The van der Waals surface area contributed by atoms with Gasteiger partial charge in [0.2, 0.25) is 15.7 Å². The van der Waals surface area contributed by atoms with Crippen LogP contribution in [-0.2, 0) is 21.1 Å². The fourth-order valence-electron chi connectivity index (χ4n) is 3.59. The first-order chi connectivity index (χ1) is 16.8. The average Bonchev–Trinajstić information content (AvgIpc) is 2.85. The van der Waals surface area contributed by atoms with Gasteiger partial charge in [0.15, 0.2) is 11.1 Å². The normalized spacial score (nSPS) is 12.0. The Morgan fingerprint density at radius 1 is 0.943 bits per heavy atom. The molecule has 2 N–H and O–H groups in total. The predicted octanol–water partition coefficient (Wildman–Crippen LogP) is 4.93. The second-order valence-electron chi connectivity index (χ2n) is 7.88. The molecule has 0 aliphatic rings. The number of nitrogens with one attached hydrogen (secondary N) is 2. The Morgan fingerprint density at radius 3 is 2.11 bits per heavy atom. The van der Waals surface area contributed by atoms with Crippen molar-refractivity contribution in [2.75, 3.05) is 10.6 Å². The summed E-state index contributed by atoms with van der Waals surface area (Å²) < 4.78 is 27.0. The number of carbonyl (C=O) groups excluding carboxylic acids is 1. The molecule has 0 aliphatic heterocycles. The summed E-state index contributed by atoms with van der Waals surface area (Å²) in [6.07, 6.45) is 0.886. The maximum Gasteiger partial charge on any atom is 0.221 e. The molecule has 9 heteroatoms. The number of nitriles is 1. The minimum Gasteiger partial charge on any atom is -0.339 e. The first kappa shape index (κ1) is 23.9. The van der Waals surface area contributed by atoms with Gasteiger partial charge in [-0.15, -0.1) is 0 Å². The van der Waals surface area contributed by atoms with Crippen molar-refractivity contribution >= 4 is 44.0 Å². The molecule has 0 saturated carbocycles. The van der Waals surface area contributed by atoms with Gasteiger partial charge in [-0.2, -0.15) is 5.26 Å². The van der Waals surface area contributed by atoms with E-state index in [2.05, 4.69) is 27.5 Å². The minimum atomic E-state index is -4.16. The number of nitrogens with zero attached hydrogens (tertiary/aromatic N) is 3. The van der Waals surface area contributed by atoms with Gasteiger partial charge in [0.05, 0.1) is 22.0 Å². The molecule has 0 unspecified atom stereocenters. The smallest absolute Gasteiger partial charge is 0.221 e. The van der Waals surface area contributed by atoms with Crippen LogP contribution in [0, 0.1) is 11.3 Å². The summed E-state index contributed by atoms with van der Waals surface area (Å²) in [5, 5.41) is 14.1. The molecular weight excluding hydrogens is 462 g/mol. The summed E-state index contributed by atoms with van der Waals surface area (Å²) in [6, 6.07) is 22.3. The number of hydrogen-bond acceptors (Lipinski definition) is 7. The van der Waals surface area contributed by atoms with E-state index < -0.39 is 15.1 Å². The molecule has 176 valence electrons. The third kappa shape index (κ3) is 5.13. The number of aryl methyl sites for hydroxylation is 1. The van der Waals surface area contributed by atoms with Crippen LogP contribution < -0.4 is 10.6 Å². The third-order valence-electron chi connectivity index (χ3n) is 5.40. The first-order valence-electron chi connectivity index (χ1n) is 11.0. The lowest BCUT2D eigenvalue weighted by Crippen LogP contribution is -2.16. The van der Waals surface area contributed by atoms with Crippen LogP contribution in [0.15, 0.2) is 77.7 Å². The molecule has 0 aliphatic carbocycles. The summed E-state index contributed by atoms with van der Waals surface area (Å²) in [7, 11) is -4.16. The van der Waals surface area contributed by atoms with Crippen LogP contribution >= 0.6 is 0 Å². The van der Waals surface area contributed by atoms with Crippen molar-refractivity contribution < 1.29 is 13.2 Å². The summed E-state index contributed by atoms with van der Waals surface area (Å²) in [5.41, 5.74) is 3.36. The van der Waals surface area contributed by atoms with Gasteiger partial charge in [0.25, 0.3) is 0 Å². The lowest BCUT2D eigenvalue weighted by molar-refractivity contribution is -0.114. The maximum atomic E-state index is 13.5. The van der Waals surface area contributed by atoms with Gasteiger partial charge in [0.1, 0.15) is 5.69 Å². The van der Waals surface area contributed by atoms with E-state index in [1.807, 2.05) is 36.4 Å². The third-order valence-corrected chi connectivity index (χ3v) is 7.28. The minimum absolute atomic E-state index is 0.0108. The molecule has 0 saturated heterocycles. The van der Waals surface area contributed by atoms with Gasteiger partial charge < -0.3 is 10.6 Å². The van der Waals surface area contributed by atoms with Crippen LogP contribution in [0.2, 0.25) is 0 Å². The molecule has 0 bridgehead atoms. The number of sulfone groups is 1. The summed E-state index contributed by atoms with van der Waals surface area (Å²) in [5.74, 6) is -0.0810. The monoisotopic (exact) mass is 485 g/mol. The van der Waals surface area contributed by atoms with Crippen molar-refractivity contribution in [2.24, 2.45) is 0 Å². The Balaban J connectivity index is 1.79. The van der Waals surface area contributed by atoms with Crippen LogP contribution in [0.1, 0.15) is 30.4 Å². The zero-order valence-corrected chi connectivity index (χ0v) is 20.0. The van der Waals surface area contributed by atoms with Gasteiger partial charge in [-0.3, -0.25) is 4.79 Å². The Hall–Kier alpha value is -4.29. The molecule has 1 aromatic heterocycles. The highest BCUT2D eigenvalue weighted by atomic mass is 32.2. The van der Waals surface area contributed by atoms with Crippen molar-refractivity contribution in [3.05, 3.63) is 84.1 Å². The highest BCUT2D eigenvalue weighted by molar-refractivity contribution is 7.92. The molecular formula is C26H23N5O3S. The zero-order valence-electron chi connectivity index (χ0n) is 19.2. The van der Waals surface area contributed by atoms with Gasteiger partial charge in [-0.05, 0) is 60.5 Å². The SMILES string of the molecule is CCc1ccc(Nc2nc3ccccc3nc2[C@@H](C#N)S(=O)(=O)c2ccc(NC(C)=O)cc2)cc1. The zero-order chi connectivity index (χ0) is 25.0. The van der Waals surface area contributed by atoms with Crippen LogP contribution in [0.5, 0.6) is 0 Å². The Kier molecular flexibility index (Phi) is 6.75. The number of anilines is 3. The standard InChI is InChI=1S/C26H23N5O3S/c1-3-18-8-10-20(11-9-18)29-26-25(30-22-6-4-5-7-23(22)31-26)24(16-27)35(33,34)21-14-12-19(13-15-21)28-17(2)32/h4-15,24H,3H2,1-2H3,(H,28,32)(H,29,31)/t24-/m1/s1. The topological polar surface area (TPSA) is 125 Å². The molecule has 0 spiro atoms. The summed E-state index contributed by atoms with van der Waals surface area (Å²) >= 11 is 0. The average molecular weight is 486 g/mol. The number of aromatic nitrogens is 2. The van der Waals surface area contributed by atoms with E-state index in [9.17, 15) is 18.5 Å². The van der Waals surface area contributed by atoms with Crippen molar-refractivity contribution in [2.45, 2.75) is 30.4 Å². The molecule has 4 aromatic rings. The molecule has 0 fully saturated rings. The van der Waals surface area contributed by atoms with Crippen molar-refractivity contribution in [3.63, 3.8) is 0 Å². The van der Waals surface area contributed by atoms with Crippen LogP contribution in [-0.4, -0.2) is 24.3 Å². The van der Waals surface area contributed by atoms with E-state index in [1.165, 1.54) is 31.2 Å². The van der Waals surface area contributed by atoms with E-state index in [4.69, 9.17) is 0 Å². The largest absolute Gasteiger partial charge is 0.339 e. The maximum absolute atomic E-state index is 13.5. The van der Waals surface area contributed by atoms with Crippen LogP contribution in [0.4, 0.5) is 17.2 Å². The molecule has 3 aromatic carbocycles. The van der Waals surface area contributed by atoms with Gasteiger partial charge >= 0.3 is 0 Å². The van der Waals surface area contributed by atoms with Crippen LogP contribution in [0.3, 0.4) is 0 Å². The van der Waals surface area contributed by atoms with Crippen LogP contribution in [0.25, 0.3) is 11.0 Å². The number of rotatable bonds is 7. The van der Waals surface area contributed by atoms with E-state index >= 15 is 0 Å². The fraction of sp³-hybridized carbons (Fsp3) is 0.154. The first-order valence-corrected chi connectivity index (χ1v) is 12.5. The highest BCUT2D eigenvalue weighted by Gasteiger charge is 2.33. The number of fused-ring (bicyclic) bond motifs is 1. The molecule has 1 atom stereocenters. The Morgan fingerprint density at radius 2 is 1.54 bits per heavy atom. The van der Waals surface area contributed by atoms with Crippen molar-refractivity contribution in [1.82, 2.24) is 9.97 Å². The number of amides is 1. The fourth-order valence-corrected chi connectivity index (χ4v) is 4.98. The number of carbonyl (C=O) groups is 1. The molecule has 8 nitrogen and oxygen atoms in total. The van der Waals surface area contributed by atoms with Crippen molar-refractivity contribution in [1.29, 1.82) is 5.26 Å². The molecule has 1 amide bonds. The molecule has 0 radical (unpaired) electrons. The lowest BCUT2D eigenvalue weighted by Gasteiger charge is -2.16. The second-order valence-corrected chi connectivity index (χ2v) is 9.91. The Bertz CT molecular complexity index is 1530. The number of hydrogen-bond donors (Lipinski definition) is 2.